The second kappa shape index (κ2) is 5.73. The van der Waals surface area contributed by atoms with Crippen LogP contribution in [0.3, 0.4) is 0 Å². The third kappa shape index (κ3) is 2.16. The Labute approximate surface area is 113 Å². The van der Waals surface area contributed by atoms with Crippen LogP contribution in [0.15, 0.2) is 11.1 Å². The molecule has 1 aliphatic carbocycles. The van der Waals surface area contributed by atoms with E-state index in [2.05, 4.69) is 0 Å². The summed E-state index contributed by atoms with van der Waals surface area (Å²) in [5.41, 5.74) is -0.120. The molecule has 0 spiro atoms. The third-order valence-corrected chi connectivity index (χ3v) is 3.35. The minimum absolute atomic E-state index is 0.0367. The number of nitrogens with zero attached hydrogens (tertiary/aromatic N) is 5. The van der Waals surface area contributed by atoms with Crippen molar-refractivity contribution in [2.75, 3.05) is 0 Å². The van der Waals surface area contributed by atoms with Gasteiger partial charge in [0.05, 0.1) is 67.1 Å². The lowest BCUT2D eigenvalue weighted by molar-refractivity contribution is 0.284. The predicted molar refractivity (Wildman–Crippen MR) is 64.2 cm³/mol. The van der Waals surface area contributed by atoms with Crippen molar-refractivity contribution in [1.29, 1.82) is 26.3 Å². The number of allylic oxidation sites excluding steroid dienone is 2. The zero-order valence-corrected chi connectivity index (χ0v) is 10.2. The minimum Gasteiger partial charge on any atom is -0.198 e. The normalized spacial score (nSPS) is 30.9. The van der Waals surface area contributed by atoms with Crippen molar-refractivity contribution >= 4 is 7.85 Å². The van der Waals surface area contributed by atoms with Crippen LogP contribution in [0.2, 0.25) is 5.82 Å². The highest BCUT2D eigenvalue weighted by atomic mass is 14.5. The lowest BCUT2D eigenvalue weighted by Crippen LogP contribution is -2.37. The van der Waals surface area contributed by atoms with E-state index in [9.17, 15) is 10.5 Å². The van der Waals surface area contributed by atoms with Gasteiger partial charge in [-0.05, 0) is 5.92 Å². The fourth-order valence-electron chi connectivity index (χ4n) is 2.48. The molecule has 0 aromatic rings. The van der Waals surface area contributed by atoms with Crippen molar-refractivity contribution in [2.45, 2.75) is 12.7 Å². The fourth-order valence-corrected chi connectivity index (χ4v) is 2.48. The van der Waals surface area contributed by atoms with Crippen LogP contribution in [0.4, 0.5) is 0 Å². The van der Waals surface area contributed by atoms with E-state index in [1.54, 1.807) is 13.0 Å². The Morgan fingerprint density at radius 2 is 1.37 bits per heavy atom. The maximum atomic E-state index is 9.22. The first-order chi connectivity index (χ1) is 9.06. The van der Waals surface area contributed by atoms with Crippen LogP contribution in [0, 0.1) is 80.3 Å². The van der Waals surface area contributed by atoms with Crippen LogP contribution in [0.1, 0.15) is 6.92 Å². The Balaban J connectivity index is 3.62. The molecule has 0 aromatic carbocycles. The van der Waals surface area contributed by atoms with E-state index in [0.29, 0.717) is 0 Å². The molecule has 5 nitrogen and oxygen atoms in total. The van der Waals surface area contributed by atoms with Crippen LogP contribution in [0.5, 0.6) is 0 Å². The van der Waals surface area contributed by atoms with E-state index >= 15 is 0 Å². The van der Waals surface area contributed by atoms with Gasteiger partial charge < -0.3 is 0 Å². The molecule has 0 saturated heterocycles. The molecule has 1 aliphatic rings. The molecule has 19 heavy (non-hydrogen) atoms. The van der Waals surface area contributed by atoms with E-state index in [-0.39, 0.29) is 11.1 Å². The van der Waals surface area contributed by atoms with Gasteiger partial charge in [0.2, 0.25) is 0 Å². The van der Waals surface area contributed by atoms with Gasteiger partial charge in [0.25, 0.3) is 0 Å². The molecule has 5 unspecified atom stereocenters. The summed E-state index contributed by atoms with van der Waals surface area (Å²) in [7, 11) is 5.79. The largest absolute Gasteiger partial charge is 0.198 e. The van der Waals surface area contributed by atoms with Gasteiger partial charge in [-0.1, -0.05) is 12.7 Å². The highest BCUT2D eigenvalue weighted by Crippen LogP contribution is 2.46. The smallest absolute Gasteiger partial charge is 0.0983 e. The molecule has 1 rings (SSSR count). The van der Waals surface area contributed by atoms with Crippen LogP contribution < -0.4 is 0 Å². The molecular weight excluding hydrogens is 237 g/mol. The Morgan fingerprint density at radius 1 is 0.895 bits per heavy atom. The highest BCUT2D eigenvalue weighted by Gasteiger charge is 2.46. The topological polar surface area (TPSA) is 119 Å². The van der Waals surface area contributed by atoms with E-state index in [4.69, 9.17) is 23.6 Å². The summed E-state index contributed by atoms with van der Waals surface area (Å²) < 4.78 is 0. The van der Waals surface area contributed by atoms with E-state index < -0.39 is 29.5 Å². The van der Waals surface area contributed by atoms with E-state index in [1.807, 2.05) is 24.3 Å². The van der Waals surface area contributed by atoms with Crippen LogP contribution in [-0.2, 0) is 0 Å². The van der Waals surface area contributed by atoms with Crippen molar-refractivity contribution in [2.24, 2.45) is 23.7 Å². The predicted octanol–water partition coefficient (Wildman–Crippen LogP) is 1.36. The summed E-state index contributed by atoms with van der Waals surface area (Å²) in [5.74, 6) is -3.96. The molecule has 0 bridgehead atoms. The van der Waals surface area contributed by atoms with Gasteiger partial charge in [0.1, 0.15) is 0 Å². The first-order valence-electron chi connectivity index (χ1n) is 5.56. The van der Waals surface area contributed by atoms with Crippen molar-refractivity contribution in [3.8, 4) is 30.3 Å². The highest BCUT2D eigenvalue weighted by molar-refractivity contribution is 6.11. The first-order valence-corrected chi connectivity index (χ1v) is 5.56. The summed E-state index contributed by atoms with van der Waals surface area (Å²) in [6.45, 7) is 1.63. The molecule has 0 saturated carbocycles. The lowest BCUT2D eigenvalue weighted by Gasteiger charge is -2.36. The zero-order valence-electron chi connectivity index (χ0n) is 10.2. The average molecular weight is 245 g/mol. The van der Waals surface area contributed by atoms with E-state index in [1.165, 1.54) is 0 Å². The third-order valence-electron chi connectivity index (χ3n) is 3.35. The minimum atomic E-state index is -1.01. The quantitative estimate of drug-likeness (QED) is 0.645. The fraction of sp³-hybridized carbons (Fsp3) is 0.462. The summed E-state index contributed by atoms with van der Waals surface area (Å²) in [6, 6.07) is 9.38. The SMILES string of the molecule is [B]C(C)C1C(C#N)C(C#N)=C(C#N)C(C#N)C1C#N. The maximum Gasteiger partial charge on any atom is 0.0983 e. The maximum absolute atomic E-state index is 9.22. The lowest BCUT2D eigenvalue weighted by atomic mass is 9.57. The summed E-state index contributed by atoms with van der Waals surface area (Å²) in [4.78, 5) is 0. The van der Waals surface area contributed by atoms with Gasteiger partial charge in [-0.25, -0.2) is 0 Å². The van der Waals surface area contributed by atoms with Crippen molar-refractivity contribution < 1.29 is 0 Å². The van der Waals surface area contributed by atoms with Crippen LogP contribution in [0.25, 0.3) is 0 Å². The summed E-state index contributed by atoms with van der Waals surface area (Å²) in [6.07, 6.45) is 0. The molecule has 0 aliphatic heterocycles. The second-order valence-electron chi connectivity index (χ2n) is 4.36. The Morgan fingerprint density at radius 3 is 1.68 bits per heavy atom. The second-order valence-corrected chi connectivity index (χ2v) is 4.36. The molecule has 0 aromatic heterocycles. The van der Waals surface area contributed by atoms with Gasteiger partial charge in [0, 0.05) is 0 Å². The number of nitriles is 5. The van der Waals surface area contributed by atoms with E-state index in [0.717, 1.165) is 0 Å². The Hall–Kier alpha value is -2.75. The Bertz CT molecular complexity index is 614. The summed E-state index contributed by atoms with van der Waals surface area (Å²) in [5, 5.41) is 45.8. The van der Waals surface area contributed by atoms with Crippen molar-refractivity contribution in [3.63, 3.8) is 0 Å². The standard InChI is InChI=1S/C13H8BN5/c1-7(14)13-11(5-18)9(3-16)8(2-15)10(4-17)12(13)6-19/h7,9,11-13H,1H3. The summed E-state index contributed by atoms with van der Waals surface area (Å²) >= 11 is 0. The molecule has 0 amide bonds. The molecule has 2 radical (unpaired) electrons. The van der Waals surface area contributed by atoms with Crippen molar-refractivity contribution in [3.05, 3.63) is 11.1 Å². The van der Waals surface area contributed by atoms with Gasteiger partial charge in [-0.15, -0.1) is 0 Å². The molecular formula is C13H8BN5. The molecule has 88 valence electrons. The molecule has 0 fully saturated rings. The van der Waals surface area contributed by atoms with Gasteiger partial charge in [-0.2, -0.15) is 26.3 Å². The average Bonchev–Trinajstić information content (AvgIpc) is 2.43. The van der Waals surface area contributed by atoms with Crippen LogP contribution >= 0.6 is 0 Å². The monoisotopic (exact) mass is 245 g/mol. The first kappa shape index (κ1) is 14.3. The van der Waals surface area contributed by atoms with Gasteiger partial charge >= 0.3 is 0 Å². The van der Waals surface area contributed by atoms with Gasteiger partial charge in [0.15, 0.2) is 0 Å². The number of hydrogen-bond donors (Lipinski definition) is 0. The zero-order chi connectivity index (χ0) is 14.6. The number of rotatable bonds is 1. The molecule has 0 heterocycles. The van der Waals surface area contributed by atoms with Crippen molar-refractivity contribution in [1.82, 2.24) is 0 Å². The van der Waals surface area contributed by atoms with Gasteiger partial charge in [-0.3, -0.25) is 0 Å². The Kier molecular flexibility index (Phi) is 4.32. The molecule has 0 N–H and O–H groups in total. The van der Waals surface area contributed by atoms with Crippen LogP contribution in [-0.4, -0.2) is 7.85 Å². The molecule has 6 heteroatoms. The molecule has 5 atom stereocenters. The number of hydrogen-bond acceptors (Lipinski definition) is 5.